The third kappa shape index (κ3) is 5.90. The van der Waals surface area contributed by atoms with E-state index in [2.05, 4.69) is 0 Å². The van der Waals surface area contributed by atoms with Gasteiger partial charge in [-0.3, -0.25) is 0 Å². The zero-order valence-corrected chi connectivity index (χ0v) is 15.7. The molecule has 0 aliphatic rings. The average molecular weight is 421 g/mol. The number of carbonyl (C=O) groups is 2. The van der Waals surface area contributed by atoms with Gasteiger partial charge in [0.05, 0.1) is 21.2 Å². The highest BCUT2D eigenvalue weighted by atomic mass is 35.5. The molecule has 0 spiro atoms. The van der Waals surface area contributed by atoms with Crippen molar-refractivity contribution in [1.29, 1.82) is 0 Å². The predicted octanol–water partition coefficient (Wildman–Crippen LogP) is 5.57. The molecule has 3 aromatic rings. The Kier molecular flexibility index (Phi) is 7.26. The van der Waals surface area contributed by atoms with E-state index in [4.69, 9.17) is 43.3 Å². The van der Waals surface area contributed by atoms with E-state index in [1.165, 1.54) is 30.3 Å². The summed E-state index contributed by atoms with van der Waals surface area (Å²) in [6, 6.07) is 17.4. The summed E-state index contributed by atoms with van der Waals surface area (Å²) in [5.74, 6) is -1.02. The van der Waals surface area contributed by atoms with Crippen molar-refractivity contribution in [2.24, 2.45) is 0 Å². The molecule has 0 radical (unpaired) electrons. The molecule has 6 nitrogen and oxygen atoms in total. The minimum absolute atomic E-state index is 0.00975. The van der Waals surface area contributed by atoms with Gasteiger partial charge in [-0.2, -0.15) is 0 Å². The molecular formula is C20H14Cl2O6. The van der Waals surface area contributed by atoms with E-state index in [-0.39, 0.29) is 26.9 Å². The van der Waals surface area contributed by atoms with Crippen LogP contribution in [-0.2, 0) is 0 Å². The number of ether oxygens (including phenoxy) is 1. The second-order valence-electron chi connectivity index (χ2n) is 5.33. The molecule has 0 aliphatic heterocycles. The highest BCUT2D eigenvalue weighted by molar-refractivity contribution is 6.34. The fourth-order valence-corrected chi connectivity index (χ4v) is 2.54. The minimum atomic E-state index is -1.10. The standard InChI is InChI=1S/C13H9ClO3.C7H5ClO3/c14-12-8-10(6-7-11(12)13(15)16)17-9-4-2-1-3-5-9;8-6-3-4(9)1-2-5(6)7(10)11/h1-8H,(H,15,16);1-3,9H,(H,10,11). The fraction of sp³-hybridized carbons (Fsp3) is 0. The lowest BCUT2D eigenvalue weighted by molar-refractivity contribution is 0.0686. The van der Waals surface area contributed by atoms with Gasteiger partial charge in [0, 0.05) is 6.07 Å². The number of hydrogen-bond donors (Lipinski definition) is 3. The molecule has 0 amide bonds. The van der Waals surface area contributed by atoms with Crippen LogP contribution < -0.4 is 4.74 Å². The van der Waals surface area contributed by atoms with Crippen LogP contribution in [0.3, 0.4) is 0 Å². The highest BCUT2D eigenvalue weighted by Gasteiger charge is 2.09. The van der Waals surface area contributed by atoms with Crippen molar-refractivity contribution in [1.82, 2.24) is 0 Å². The van der Waals surface area contributed by atoms with Gasteiger partial charge in [0.15, 0.2) is 0 Å². The molecule has 0 aromatic heterocycles. The Balaban J connectivity index is 0.000000221. The highest BCUT2D eigenvalue weighted by Crippen LogP contribution is 2.26. The van der Waals surface area contributed by atoms with Crippen LogP contribution in [-0.4, -0.2) is 27.3 Å². The molecule has 0 saturated carbocycles. The number of carboxylic acid groups (broad SMARTS) is 2. The van der Waals surface area contributed by atoms with E-state index in [1.807, 2.05) is 18.2 Å². The zero-order chi connectivity index (χ0) is 20.7. The van der Waals surface area contributed by atoms with Crippen LogP contribution in [0.15, 0.2) is 66.7 Å². The van der Waals surface area contributed by atoms with Crippen molar-refractivity contribution < 1.29 is 29.6 Å². The molecule has 0 heterocycles. The zero-order valence-electron chi connectivity index (χ0n) is 14.2. The van der Waals surface area contributed by atoms with E-state index < -0.39 is 11.9 Å². The maximum atomic E-state index is 10.8. The second kappa shape index (κ2) is 9.64. The topological polar surface area (TPSA) is 104 Å². The summed E-state index contributed by atoms with van der Waals surface area (Å²) in [5.41, 5.74) is 0.0524. The Morgan fingerprint density at radius 3 is 1.75 bits per heavy atom. The second-order valence-corrected chi connectivity index (χ2v) is 6.15. The molecule has 0 fully saturated rings. The lowest BCUT2D eigenvalue weighted by atomic mass is 10.2. The number of phenolic OH excluding ortho intramolecular Hbond substituents is 1. The third-order valence-corrected chi connectivity index (χ3v) is 3.96. The largest absolute Gasteiger partial charge is 0.508 e. The van der Waals surface area contributed by atoms with Gasteiger partial charge in [0.25, 0.3) is 0 Å². The Labute approximate surface area is 170 Å². The first kappa shape index (κ1) is 21.1. The number of aromatic hydroxyl groups is 1. The van der Waals surface area contributed by atoms with Gasteiger partial charge in [-0.05, 0) is 42.5 Å². The first-order chi connectivity index (χ1) is 13.3. The quantitative estimate of drug-likeness (QED) is 0.509. The van der Waals surface area contributed by atoms with Crippen LogP contribution >= 0.6 is 23.2 Å². The van der Waals surface area contributed by atoms with Gasteiger partial charge in [-0.25, -0.2) is 9.59 Å². The van der Waals surface area contributed by atoms with Crippen molar-refractivity contribution in [2.45, 2.75) is 0 Å². The molecule has 3 aromatic carbocycles. The van der Waals surface area contributed by atoms with Crippen LogP contribution in [0.2, 0.25) is 10.0 Å². The minimum Gasteiger partial charge on any atom is -0.508 e. The number of carboxylic acids is 2. The third-order valence-electron chi connectivity index (χ3n) is 3.33. The number of hydrogen-bond acceptors (Lipinski definition) is 4. The van der Waals surface area contributed by atoms with E-state index in [9.17, 15) is 9.59 Å². The molecule has 3 rings (SSSR count). The maximum Gasteiger partial charge on any atom is 0.337 e. The first-order valence-electron chi connectivity index (χ1n) is 7.75. The van der Waals surface area contributed by atoms with Gasteiger partial charge < -0.3 is 20.1 Å². The monoisotopic (exact) mass is 420 g/mol. The summed E-state index contributed by atoms with van der Waals surface area (Å²) >= 11 is 11.3. The van der Waals surface area contributed by atoms with Crippen molar-refractivity contribution in [2.75, 3.05) is 0 Å². The molecule has 0 unspecified atom stereocenters. The van der Waals surface area contributed by atoms with E-state index in [1.54, 1.807) is 18.2 Å². The van der Waals surface area contributed by atoms with Crippen LogP contribution in [0.1, 0.15) is 20.7 Å². The molecule has 0 bridgehead atoms. The predicted molar refractivity (Wildman–Crippen MR) is 105 cm³/mol. The van der Waals surface area contributed by atoms with Gasteiger partial charge in [0.2, 0.25) is 0 Å². The summed E-state index contributed by atoms with van der Waals surface area (Å²) in [7, 11) is 0. The van der Waals surface area contributed by atoms with Crippen LogP contribution in [0.25, 0.3) is 0 Å². The molecule has 28 heavy (non-hydrogen) atoms. The van der Waals surface area contributed by atoms with Crippen molar-refractivity contribution >= 4 is 35.1 Å². The lowest BCUT2D eigenvalue weighted by Crippen LogP contribution is -1.97. The number of para-hydroxylation sites is 1. The average Bonchev–Trinajstić information content (AvgIpc) is 2.62. The lowest BCUT2D eigenvalue weighted by Gasteiger charge is -2.06. The van der Waals surface area contributed by atoms with Crippen LogP contribution in [0, 0.1) is 0 Å². The molecule has 0 saturated heterocycles. The Hall–Kier alpha value is -3.22. The van der Waals surface area contributed by atoms with Crippen LogP contribution in [0.5, 0.6) is 17.2 Å². The molecule has 3 N–H and O–H groups in total. The van der Waals surface area contributed by atoms with Gasteiger partial charge in [-0.15, -0.1) is 0 Å². The van der Waals surface area contributed by atoms with Crippen LogP contribution in [0.4, 0.5) is 0 Å². The number of rotatable bonds is 4. The number of halogens is 2. The van der Waals surface area contributed by atoms with Crippen molar-refractivity contribution in [3.63, 3.8) is 0 Å². The van der Waals surface area contributed by atoms with E-state index in [0.29, 0.717) is 11.5 Å². The Morgan fingerprint density at radius 1 is 0.714 bits per heavy atom. The number of benzene rings is 3. The normalized spacial score (nSPS) is 9.79. The molecule has 8 heteroatoms. The number of phenols is 1. The Bertz CT molecular complexity index is 989. The van der Waals surface area contributed by atoms with Crippen molar-refractivity contribution in [3.8, 4) is 17.2 Å². The summed E-state index contributed by atoms with van der Waals surface area (Å²) in [4.78, 5) is 21.1. The van der Waals surface area contributed by atoms with Gasteiger partial charge >= 0.3 is 11.9 Å². The number of aromatic carboxylic acids is 2. The molecule has 0 aliphatic carbocycles. The maximum absolute atomic E-state index is 10.8. The van der Waals surface area contributed by atoms with Gasteiger partial charge in [-0.1, -0.05) is 41.4 Å². The van der Waals surface area contributed by atoms with Gasteiger partial charge in [0.1, 0.15) is 17.2 Å². The summed E-state index contributed by atoms with van der Waals surface area (Å²) in [6.45, 7) is 0. The molecule has 0 atom stereocenters. The molecule has 144 valence electrons. The smallest absolute Gasteiger partial charge is 0.337 e. The first-order valence-corrected chi connectivity index (χ1v) is 8.51. The summed E-state index contributed by atoms with van der Waals surface area (Å²) in [6.07, 6.45) is 0. The Morgan fingerprint density at radius 2 is 1.25 bits per heavy atom. The SMILES string of the molecule is O=C(O)c1ccc(O)cc1Cl.O=C(O)c1ccc(Oc2ccccc2)cc1Cl. The fourth-order valence-electron chi connectivity index (χ4n) is 2.03. The van der Waals surface area contributed by atoms with E-state index in [0.717, 1.165) is 0 Å². The van der Waals surface area contributed by atoms with E-state index >= 15 is 0 Å². The summed E-state index contributed by atoms with van der Waals surface area (Å²) < 4.78 is 5.52. The van der Waals surface area contributed by atoms with Crippen molar-refractivity contribution in [3.05, 3.63) is 87.9 Å². The molecular weight excluding hydrogens is 407 g/mol. The summed E-state index contributed by atoms with van der Waals surface area (Å²) in [5, 5.41) is 26.4.